The van der Waals surface area contributed by atoms with Crippen LogP contribution in [0.1, 0.15) is 44.6 Å². The monoisotopic (exact) mass is 544 g/mol. The number of nitrogens with zero attached hydrogens (tertiary/aromatic N) is 2. The Hall–Kier alpha value is -2.68. The molecule has 1 spiro atoms. The Morgan fingerprint density at radius 2 is 2.05 bits per heavy atom. The van der Waals surface area contributed by atoms with Crippen LogP contribution in [-0.4, -0.2) is 71.3 Å². The lowest BCUT2D eigenvalue weighted by atomic mass is 9.65. The Morgan fingerprint density at radius 1 is 1.29 bits per heavy atom. The molecule has 1 aromatic carbocycles. The molecular weight excluding hydrogens is 508 g/mol. The van der Waals surface area contributed by atoms with Crippen LogP contribution < -0.4 is 4.90 Å². The van der Waals surface area contributed by atoms with Crippen LogP contribution in [0.25, 0.3) is 0 Å². The zero-order chi connectivity index (χ0) is 27.7. The summed E-state index contributed by atoms with van der Waals surface area (Å²) in [5.41, 5.74) is -0.680. The smallest absolute Gasteiger partial charge is 0.313 e. The molecule has 9 heteroatoms. The van der Waals surface area contributed by atoms with Gasteiger partial charge in [0, 0.05) is 19.7 Å². The molecule has 5 atom stereocenters. The van der Waals surface area contributed by atoms with Gasteiger partial charge < -0.3 is 24.4 Å². The van der Waals surface area contributed by atoms with E-state index in [4.69, 9.17) is 21.1 Å². The molecule has 3 aliphatic heterocycles. The Bertz CT molecular complexity index is 1100. The number of benzene rings is 1. The predicted molar refractivity (Wildman–Crippen MR) is 145 cm³/mol. The molecular formula is C29H37ClN2O6. The fourth-order valence-corrected chi connectivity index (χ4v) is 7.08. The zero-order valence-corrected chi connectivity index (χ0v) is 22.9. The van der Waals surface area contributed by atoms with Gasteiger partial charge in [-0.05, 0) is 50.7 Å². The van der Waals surface area contributed by atoms with Crippen molar-refractivity contribution >= 4 is 35.1 Å². The van der Waals surface area contributed by atoms with Crippen molar-refractivity contribution in [1.29, 1.82) is 0 Å². The summed E-state index contributed by atoms with van der Waals surface area (Å²) in [7, 11) is 0. The maximum Gasteiger partial charge on any atom is 0.313 e. The van der Waals surface area contributed by atoms with E-state index in [1.165, 1.54) is 6.08 Å². The number of esters is 1. The van der Waals surface area contributed by atoms with Gasteiger partial charge in [0.05, 0.1) is 22.2 Å². The van der Waals surface area contributed by atoms with Gasteiger partial charge in [-0.3, -0.25) is 14.4 Å². The quantitative estimate of drug-likeness (QED) is 0.244. The first kappa shape index (κ1) is 28.3. The summed E-state index contributed by atoms with van der Waals surface area (Å²) in [6.45, 7) is 11.7. The van der Waals surface area contributed by atoms with Crippen LogP contribution in [0.4, 0.5) is 5.69 Å². The molecule has 2 bridgehead atoms. The van der Waals surface area contributed by atoms with Gasteiger partial charge in [-0.1, -0.05) is 49.4 Å². The number of ether oxygens (including phenoxy) is 2. The summed E-state index contributed by atoms with van der Waals surface area (Å²) in [6, 6.07) is 4.46. The average Bonchev–Trinajstić information content (AvgIpc) is 3.50. The number of aliphatic hydroxyl groups is 1. The lowest BCUT2D eigenvalue weighted by Crippen LogP contribution is -2.56. The van der Waals surface area contributed by atoms with E-state index in [1.807, 2.05) is 26.0 Å². The largest absolute Gasteiger partial charge is 0.461 e. The van der Waals surface area contributed by atoms with E-state index < -0.39 is 35.0 Å². The van der Waals surface area contributed by atoms with Gasteiger partial charge in [0.2, 0.25) is 5.91 Å². The highest BCUT2D eigenvalue weighted by Crippen LogP contribution is 2.64. The molecule has 38 heavy (non-hydrogen) atoms. The molecule has 2 unspecified atom stereocenters. The summed E-state index contributed by atoms with van der Waals surface area (Å²) < 4.78 is 12.2. The Labute approximate surface area is 229 Å². The standard InChI is InChI=1S/C29H37ClN2O6/c1-5-15-31(23-19(4)11-10-12-20(23)30)26(35)24-29-14-13-28(7-3,38-29)22(27(36)37-18-6-2)21(29)25(34)32(24)16-8-9-17-33/h5-6,10-12,21-22,24,33H,1-2,7-9,13-18H2,3-4H3/t21-,22+,24?,28-,29?/m0/s1. The molecule has 4 rings (SSSR count). The summed E-state index contributed by atoms with van der Waals surface area (Å²) in [5, 5.41) is 9.79. The number of carbonyl (C=O) groups is 3. The van der Waals surface area contributed by atoms with Crippen molar-refractivity contribution < 1.29 is 29.0 Å². The molecule has 0 saturated carbocycles. The topological polar surface area (TPSA) is 96.4 Å². The van der Waals surface area contributed by atoms with Gasteiger partial charge in [0.1, 0.15) is 24.2 Å². The number of anilines is 1. The normalized spacial score (nSPS) is 29.3. The molecule has 1 aromatic rings. The predicted octanol–water partition coefficient (Wildman–Crippen LogP) is 3.82. The minimum absolute atomic E-state index is 0.0252. The van der Waals surface area contributed by atoms with Crippen molar-refractivity contribution in [2.45, 2.75) is 63.2 Å². The first-order valence-corrected chi connectivity index (χ1v) is 13.7. The fraction of sp³-hybridized carbons (Fsp3) is 0.552. The minimum atomic E-state index is -1.17. The lowest BCUT2D eigenvalue weighted by Gasteiger charge is -2.37. The van der Waals surface area contributed by atoms with Crippen molar-refractivity contribution in [1.82, 2.24) is 4.90 Å². The van der Waals surface area contributed by atoms with Crippen LogP contribution in [0, 0.1) is 18.8 Å². The Kier molecular flexibility index (Phi) is 8.35. The first-order valence-electron chi connectivity index (χ1n) is 13.3. The van der Waals surface area contributed by atoms with E-state index in [-0.39, 0.29) is 38.1 Å². The number of hydrogen-bond donors (Lipinski definition) is 1. The van der Waals surface area contributed by atoms with Gasteiger partial charge in [0.15, 0.2) is 0 Å². The maximum atomic E-state index is 14.6. The van der Waals surface area contributed by atoms with Crippen molar-refractivity contribution in [3.8, 4) is 0 Å². The first-order chi connectivity index (χ1) is 18.2. The van der Waals surface area contributed by atoms with E-state index in [0.717, 1.165) is 5.56 Å². The summed E-state index contributed by atoms with van der Waals surface area (Å²) in [6.07, 6.45) is 5.62. The third kappa shape index (κ3) is 4.36. The molecule has 0 aromatic heterocycles. The van der Waals surface area contributed by atoms with E-state index >= 15 is 0 Å². The minimum Gasteiger partial charge on any atom is -0.461 e. The van der Waals surface area contributed by atoms with Gasteiger partial charge in [-0.2, -0.15) is 0 Å². The maximum absolute atomic E-state index is 14.6. The van der Waals surface area contributed by atoms with Crippen molar-refractivity contribution in [2.75, 3.05) is 31.2 Å². The van der Waals surface area contributed by atoms with Gasteiger partial charge in [0.25, 0.3) is 5.91 Å². The van der Waals surface area contributed by atoms with Crippen molar-refractivity contribution in [3.63, 3.8) is 0 Å². The molecule has 8 nitrogen and oxygen atoms in total. The molecule has 3 heterocycles. The van der Waals surface area contributed by atoms with E-state index in [9.17, 15) is 19.5 Å². The SMILES string of the molecule is C=CCOC(=O)[C@H]1[C@H]2C(=O)N(CCCCO)C(C(=O)N(CC=C)c3c(C)cccc3Cl)C23CC[C@]1(CC)O3. The van der Waals surface area contributed by atoms with Gasteiger partial charge in [-0.15, -0.1) is 6.58 Å². The number of carbonyl (C=O) groups excluding carboxylic acids is 3. The second-order valence-electron chi connectivity index (χ2n) is 10.4. The molecule has 3 aliphatic rings. The number of halogens is 1. The van der Waals surface area contributed by atoms with Crippen LogP contribution in [0.15, 0.2) is 43.5 Å². The average molecular weight is 545 g/mol. The van der Waals surface area contributed by atoms with Gasteiger partial charge in [-0.25, -0.2) is 0 Å². The highest BCUT2D eigenvalue weighted by Gasteiger charge is 2.79. The second-order valence-corrected chi connectivity index (χ2v) is 10.8. The molecule has 0 aliphatic carbocycles. The summed E-state index contributed by atoms with van der Waals surface area (Å²) in [4.78, 5) is 45.2. The third-order valence-corrected chi connectivity index (χ3v) is 8.66. The number of hydrogen-bond acceptors (Lipinski definition) is 6. The summed E-state index contributed by atoms with van der Waals surface area (Å²) >= 11 is 6.59. The highest BCUT2D eigenvalue weighted by molar-refractivity contribution is 6.34. The molecule has 2 amide bonds. The molecule has 0 radical (unpaired) electrons. The molecule has 206 valence electrons. The molecule has 3 saturated heterocycles. The Morgan fingerprint density at radius 3 is 2.68 bits per heavy atom. The number of unbranched alkanes of at least 4 members (excludes halogenated alkanes) is 1. The number of fused-ring (bicyclic) bond motifs is 1. The van der Waals surface area contributed by atoms with Gasteiger partial charge >= 0.3 is 5.97 Å². The number of amides is 2. The number of para-hydroxylation sites is 1. The fourth-order valence-electron chi connectivity index (χ4n) is 6.75. The van der Waals surface area contributed by atoms with E-state index in [2.05, 4.69) is 13.2 Å². The number of aryl methyl sites for hydroxylation is 1. The summed E-state index contributed by atoms with van der Waals surface area (Å²) in [5.74, 6) is -2.77. The highest BCUT2D eigenvalue weighted by atomic mass is 35.5. The molecule has 3 fully saturated rings. The van der Waals surface area contributed by atoms with Crippen molar-refractivity contribution in [2.24, 2.45) is 11.8 Å². The van der Waals surface area contributed by atoms with Crippen LogP contribution in [0.5, 0.6) is 0 Å². The van der Waals surface area contributed by atoms with Crippen LogP contribution in [0.2, 0.25) is 5.02 Å². The van der Waals surface area contributed by atoms with Crippen LogP contribution in [-0.2, 0) is 23.9 Å². The second kappa shape index (κ2) is 11.2. The van der Waals surface area contributed by atoms with Crippen molar-refractivity contribution in [3.05, 3.63) is 54.1 Å². The number of aliphatic hydroxyl groups excluding tert-OH is 1. The van der Waals surface area contributed by atoms with E-state index in [0.29, 0.717) is 42.8 Å². The van der Waals surface area contributed by atoms with E-state index in [1.54, 1.807) is 21.9 Å². The third-order valence-electron chi connectivity index (χ3n) is 8.36. The number of rotatable bonds is 12. The number of likely N-dealkylation sites (tertiary alicyclic amines) is 1. The Balaban J connectivity index is 1.82. The zero-order valence-electron chi connectivity index (χ0n) is 22.2. The molecule has 1 N–H and O–H groups in total. The van der Waals surface area contributed by atoms with Crippen LogP contribution >= 0.6 is 11.6 Å². The lowest BCUT2D eigenvalue weighted by molar-refractivity contribution is -0.159. The van der Waals surface area contributed by atoms with Crippen LogP contribution in [0.3, 0.4) is 0 Å².